The highest BCUT2D eigenvalue weighted by Crippen LogP contribution is 2.16. The topological polar surface area (TPSA) is 91.4 Å². The van der Waals surface area contributed by atoms with Crippen LogP contribution in [0.5, 0.6) is 0 Å². The Kier molecular flexibility index (Phi) is 5.20. The molecule has 7 nitrogen and oxygen atoms in total. The van der Waals surface area contributed by atoms with E-state index in [4.69, 9.17) is 0 Å². The van der Waals surface area contributed by atoms with Crippen molar-refractivity contribution in [2.75, 3.05) is 19.6 Å². The second-order valence-electron chi connectivity index (χ2n) is 6.83. The third-order valence-electron chi connectivity index (χ3n) is 4.87. The maximum absolute atomic E-state index is 12.6. The number of hydrogen-bond acceptors (Lipinski definition) is 4. The van der Waals surface area contributed by atoms with E-state index < -0.39 is 0 Å². The van der Waals surface area contributed by atoms with Crippen LogP contribution in [0.4, 0.5) is 0 Å². The number of carbonyl (C=O) groups is 3. The molecule has 3 amide bonds. The molecule has 7 heteroatoms. The number of fused-ring (bicyclic) bond motifs is 1. The van der Waals surface area contributed by atoms with Crippen LogP contribution in [0.1, 0.15) is 26.3 Å². The summed E-state index contributed by atoms with van der Waals surface area (Å²) in [5.74, 6) is -0.491. The van der Waals surface area contributed by atoms with Gasteiger partial charge in [-0.05, 0) is 29.8 Å². The molecule has 0 aliphatic carbocycles. The standard InChI is InChI=1S/C22H20N4O3/c27-20-14-26(12-11-24-20)22(29)16-7-5-15(6-8-16)13-25-21(28)18-9-10-23-19-4-2-1-3-17(18)19/h1-10H,11-14H2,(H,24,27)(H,25,28). The van der Waals surface area contributed by atoms with Crippen LogP contribution in [-0.2, 0) is 11.3 Å². The number of hydrogen-bond donors (Lipinski definition) is 2. The van der Waals surface area contributed by atoms with Crippen LogP contribution in [0.25, 0.3) is 10.9 Å². The minimum absolute atomic E-state index is 0.0799. The molecule has 0 atom stereocenters. The van der Waals surface area contributed by atoms with Crippen LogP contribution < -0.4 is 10.6 Å². The number of benzene rings is 2. The van der Waals surface area contributed by atoms with Crippen molar-refractivity contribution in [1.29, 1.82) is 0 Å². The normalized spacial score (nSPS) is 13.8. The van der Waals surface area contributed by atoms with Gasteiger partial charge < -0.3 is 15.5 Å². The maximum atomic E-state index is 12.6. The average molecular weight is 388 g/mol. The van der Waals surface area contributed by atoms with Crippen molar-refractivity contribution in [2.24, 2.45) is 0 Å². The van der Waals surface area contributed by atoms with E-state index >= 15 is 0 Å². The second kappa shape index (κ2) is 8.10. The van der Waals surface area contributed by atoms with E-state index in [1.165, 1.54) is 4.90 Å². The van der Waals surface area contributed by atoms with Crippen molar-refractivity contribution in [3.8, 4) is 0 Å². The van der Waals surface area contributed by atoms with E-state index in [0.29, 0.717) is 30.8 Å². The molecule has 1 saturated heterocycles. The number of carbonyl (C=O) groups excluding carboxylic acids is 3. The lowest BCUT2D eigenvalue weighted by Gasteiger charge is -2.26. The van der Waals surface area contributed by atoms with Crippen LogP contribution >= 0.6 is 0 Å². The largest absolute Gasteiger partial charge is 0.353 e. The molecule has 1 aromatic heterocycles. The molecule has 0 unspecified atom stereocenters. The van der Waals surface area contributed by atoms with Gasteiger partial charge in [0, 0.05) is 36.8 Å². The minimum atomic E-state index is -0.178. The van der Waals surface area contributed by atoms with Crippen molar-refractivity contribution >= 4 is 28.6 Å². The first-order valence-corrected chi connectivity index (χ1v) is 9.39. The second-order valence-corrected chi connectivity index (χ2v) is 6.83. The van der Waals surface area contributed by atoms with E-state index in [9.17, 15) is 14.4 Å². The van der Waals surface area contributed by atoms with Crippen molar-refractivity contribution < 1.29 is 14.4 Å². The molecule has 29 heavy (non-hydrogen) atoms. The van der Waals surface area contributed by atoms with Crippen molar-refractivity contribution in [3.63, 3.8) is 0 Å². The molecule has 2 heterocycles. The summed E-state index contributed by atoms with van der Waals surface area (Å²) in [6.45, 7) is 1.40. The number of nitrogens with zero attached hydrogens (tertiary/aromatic N) is 2. The Morgan fingerprint density at radius 2 is 1.86 bits per heavy atom. The molecule has 0 radical (unpaired) electrons. The molecule has 0 spiro atoms. The highest BCUT2D eigenvalue weighted by Gasteiger charge is 2.22. The lowest BCUT2D eigenvalue weighted by atomic mass is 10.1. The fourth-order valence-electron chi connectivity index (χ4n) is 3.33. The fraction of sp³-hybridized carbons (Fsp3) is 0.182. The lowest BCUT2D eigenvalue weighted by molar-refractivity contribution is -0.123. The predicted octanol–water partition coefficient (Wildman–Crippen LogP) is 1.74. The summed E-state index contributed by atoms with van der Waals surface area (Å²) >= 11 is 0. The van der Waals surface area contributed by atoms with Gasteiger partial charge in [0.15, 0.2) is 0 Å². The first-order chi connectivity index (χ1) is 14.1. The number of piperazine rings is 1. The number of pyridine rings is 1. The minimum Gasteiger partial charge on any atom is -0.353 e. The first kappa shape index (κ1) is 18.6. The average Bonchev–Trinajstić information content (AvgIpc) is 2.77. The molecular formula is C22H20N4O3. The summed E-state index contributed by atoms with van der Waals surface area (Å²) in [6, 6.07) is 16.3. The van der Waals surface area contributed by atoms with Crippen LogP contribution in [0.3, 0.4) is 0 Å². The number of rotatable bonds is 4. The van der Waals surface area contributed by atoms with E-state index in [-0.39, 0.29) is 24.3 Å². The van der Waals surface area contributed by atoms with Crippen molar-refractivity contribution in [2.45, 2.75) is 6.54 Å². The maximum Gasteiger partial charge on any atom is 0.254 e. The Balaban J connectivity index is 1.40. The Hall–Kier alpha value is -3.74. The van der Waals surface area contributed by atoms with E-state index in [1.807, 2.05) is 36.4 Å². The zero-order chi connectivity index (χ0) is 20.2. The van der Waals surface area contributed by atoms with Crippen LogP contribution in [0, 0.1) is 0 Å². The van der Waals surface area contributed by atoms with Gasteiger partial charge in [-0.15, -0.1) is 0 Å². The highest BCUT2D eigenvalue weighted by atomic mass is 16.2. The number of para-hydroxylation sites is 1. The smallest absolute Gasteiger partial charge is 0.254 e. The van der Waals surface area contributed by atoms with Gasteiger partial charge in [0.1, 0.15) is 0 Å². The van der Waals surface area contributed by atoms with Gasteiger partial charge >= 0.3 is 0 Å². The summed E-state index contributed by atoms with van der Waals surface area (Å²) in [5, 5.41) is 6.42. The third kappa shape index (κ3) is 4.08. The molecule has 0 saturated carbocycles. The first-order valence-electron chi connectivity index (χ1n) is 9.39. The van der Waals surface area contributed by atoms with Crippen LogP contribution in [0.15, 0.2) is 60.8 Å². The van der Waals surface area contributed by atoms with Crippen LogP contribution in [-0.4, -0.2) is 47.2 Å². The molecule has 146 valence electrons. The molecule has 2 aromatic carbocycles. The molecule has 1 fully saturated rings. The van der Waals surface area contributed by atoms with Gasteiger partial charge in [-0.2, -0.15) is 0 Å². The SMILES string of the molecule is O=C1CN(C(=O)c2ccc(CNC(=O)c3ccnc4ccccc34)cc2)CCN1. The molecule has 1 aliphatic rings. The zero-order valence-electron chi connectivity index (χ0n) is 15.7. The summed E-state index contributed by atoms with van der Waals surface area (Å²) in [6.07, 6.45) is 1.62. The zero-order valence-corrected chi connectivity index (χ0v) is 15.7. The number of amides is 3. The summed E-state index contributed by atoms with van der Waals surface area (Å²) in [4.78, 5) is 42.4. The molecule has 0 bridgehead atoms. The summed E-state index contributed by atoms with van der Waals surface area (Å²) in [5.41, 5.74) is 2.75. The molecular weight excluding hydrogens is 368 g/mol. The summed E-state index contributed by atoms with van der Waals surface area (Å²) < 4.78 is 0. The van der Waals surface area contributed by atoms with Crippen molar-refractivity contribution in [3.05, 3.63) is 77.5 Å². The Morgan fingerprint density at radius 1 is 1.07 bits per heavy atom. The van der Waals surface area contributed by atoms with Gasteiger partial charge in [0.25, 0.3) is 11.8 Å². The quantitative estimate of drug-likeness (QED) is 0.712. The van der Waals surface area contributed by atoms with E-state index in [2.05, 4.69) is 15.6 Å². The Labute approximate surface area is 167 Å². The van der Waals surface area contributed by atoms with E-state index in [1.54, 1.807) is 24.4 Å². The molecule has 3 aromatic rings. The highest BCUT2D eigenvalue weighted by molar-refractivity contribution is 6.05. The lowest BCUT2D eigenvalue weighted by Crippen LogP contribution is -2.49. The van der Waals surface area contributed by atoms with Gasteiger partial charge in [0.05, 0.1) is 17.6 Å². The van der Waals surface area contributed by atoms with Gasteiger partial charge in [-0.3, -0.25) is 19.4 Å². The van der Waals surface area contributed by atoms with Gasteiger partial charge in [0.2, 0.25) is 5.91 Å². The molecule has 1 aliphatic heterocycles. The monoisotopic (exact) mass is 388 g/mol. The van der Waals surface area contributed by atoms with Gasteiger partial charge in [-0.1, -0.05) is 30.3 Å². The molecule has 2 N–H and O–H groups in total. The third-order valence-corrected chi connectivity index (χ3v) is 4.87. The number of nitrogens with one attached hydrogen (secondary N) is 2. The Morgan fingerprint density at radius 3 is 2.66 bits per heavy atom. The predicted molar refractivity (Wildman–Crippen MR) is 108 cm³/mol. The van der Waals surface area contributed by atoms with E-state index in [0.717, 1.165) is 16.5 Å². The summed E-state index contributed by atoms with van der Waals surface area (Å²) in [7, 11) is 0. The Bertz CT molecular complexity index is 1070. The van der Waals surface area contributed by atoms with Gasteiger partial charge in [-0.25, -0.2) is 0 Å². The number of aromatic nitrogens is 1. The fourth-order valence-corrected chi connectivity index (χ4v) is 3.33. The molecule has 4 rings (SSSR count). The van der Waals surface area contributed by atoms with Crippen LogP contribution in [0.2, 0.25) is 0 Å². The van der Waals surface area contributed by atoms with Crippen molar-refractivity contribution in [1.82, 2.24) is 20.5 Å².